The van der Waals surface area contributed by atoms with Crippen LogP contribution in [0.1, 0.15) is 31.8 Å². The minimum atomic E-state index is -0.636. The van der Waals surface area contributed by atoms with Gasteiger partial charge in [-0.3, -0.25) is 9.59 Å². The van der Waals surface area contributed by atoms with E-state index in [1.54, 1.807) is 36.4 Å². The number of halogens is 1. The van der Waals surface area contributed by atoms with Crippen LogP contribution in [-0.2, 0) is 22.5 Å². The van der Waals surface area contributed by atoms with Crippen LogP contribution in [0.3, 0.4) is 0 Å². The highest BCUT2D eigenvalue weighted by molar-refractivity contribution is 6.30. The average Bonchev–Trinajstić information content (AvgIpc) is 3.00. The molecule has 0 fully saturated rings. The molecule has 30 heavy (non-hydrogen) atoms. The van der Waals surface area contributed by atoms with Crippen LogP contribution < -0.4 is 0 Å². The first-order chi connectivity index (χ1) is 14.5. The van der Waals surface area contributed by atoms with Gasteiger partial charge >= 0.3 is 5.97 Å². The molecule has 0 bridgehead atoms. The van der Waals surface area contributed by atoms with Crippen LogP contribution in [0.25, 0.3) is 0 Å². The first kappa shape index (κ1) is 19.9. The topological polar surface area (TPSA) is 63.7 Å². The zero-order valence-electron chi connectivity index (χ0n) is 16.0. The van der Waals surface area contributed by atoms with E-state index in [0.29, 0.717) is 22.9 Å². The minimum absolute atomic E-state index is 0.229. The van der Waals surface area contributed by atoms with Crippen molar-refractivity contribution in [3.8, 4) is 0 Å². The Morgan fingerprint density at radius 3 is 1.83 bits per heavy atom. The van der Waals surface area contributed by atoms with Crippen LogP contribution >= 0.6 is 11.6 Å². The second kappa shape index (κ2) is 8.51. The molecular formula is C24H18ClNO4. The molecule has 0 saturated carbocycles. The second-order valence-corrected chi connectivity index (χ2v) is 7.51. The molecule has 150 valence electrons. The molecule has 2 amide bonds. The molecule has 5 nitrogen and oxygen atoms in total. The molecule has 6 heteroatoms. The van der Waals surface area contributed by atoms with Crippen molar-refractivity contribution in [2.45, 2.75) is 12.8 Å². The number of hydrogen-bond acceptors (Lipinski definition) is 4. The van der Waals surface area contributed by atoms with Crippen molar-refractivity contribution in [1.82, 2.24) is 5.06 Å². The van der Waals surface area contributed by atoms with Gasteiger partial charge in [-0.15, -0.1) is 0 Å². The van der Waals surface area contributed by atoms with E-state index in [-0.39, 0.29) is 11.1 Å². The number of amides is 2. The third-order valence-corrected chi connectivity index (χ3v) is 5.24. The largest absolute Gasteiger partial charge is 0.336 e. The quantitative estimate of drug-likeness (QED) is 0.552. The Morgan fingerprint density at radius 1 is 0.767 bits per heavy atom. The third-order valence-electron chi connectivity index (χ3n) is 4.99. The van der Waals surface area contributed by atoms with Gasteiger partial charge in [-0.05, 0) is 48.2 Å². The lowest BCUT2D eigenvalue weighted by atomic mass is 9.92. The number of rotatable bonds is 6. The summed E-state index contributed by atoms with van der Waals surface area (Å²) in [4.78, 5) is 43.4. The zero-order chi connectivity index (χ0) is 21.1. The molecule has 3 aromatic carbocycles. The zero-order valence-corrected chi connectivity index (χ0v) is 16.7. The number of hydrogen-bond donors (Lipinski definition) is 0. The molecule has 1 atom stereocenters. The van der Waals surface area contributed by atoms with Gasteiger partial charge in [0.1, 0.15) is 0 Å². The molecule has 1 unspecified atom stereocenters. The number of fused-ring (bicyclic) bond motifs is 1. The molecule has 1 aliphatic heterocycles. The van der Waals surface area contributed by atoms with Gasteiger partial charge in [0, 0.05) is 5.02 Å². The van der Waals surface area contributed by atoms with Crippen molar-refractivity contribution in [2.75, 3.05) is 0 Å². The predicted octanol–water partition coefficient (Wildman–Crippen LogP) is 4.50. The third kappa shape index (κ3) is 4.11. The van der Waals surface area contributed by atoms with Crippen molar-refractivity contribution in [3.63, 3.8) is 0 Å². The molecule has 0 aliphatic carbocycles. The van der Waals surface area contributed by atoms with E-state index in [0.717, 1.165) is 11.1 Å². The van der Waals surface area contributed by atoms with Crippen molar-refractivity contribution in [3.05, 3.63) is 106 Å². The Balaban J connectivity index is 1.55. The van der Waals surface area contributed by atoms with Gasteiger partial charge in [0.25, 0.3) is 11.8 Å². The van der Waals surface area contributed by atoms with Crippen LogP contribution in [0.5, 0.6) is 0 Å². The van der Waals surface area contributed by atoms with Crippen LogP contribution in [0.4, 0.5) is 0 Å². The maximum Gasteiger partial charge on any atom is 0.336 e. The van der Waals surface area contributed by atoms with E-state index >= 15 is 0 Å². The van der Waals surface area contributed by atoms with Gasteiger partial charge in [-0.25, -0.2) is 4.79 Å². The lowest BCUT2D eigenvalue weighted by molar-refractivity contribution is -0.173. The Labute approximate surface area is 178 Å². The highest BCUT2D eigenvalue weighted by atomic mass is 35.5. The normalized spacial score (nSPS) is 13.8. The van der Waals surface area contributed by atoms with Crippen molar-refractivity contribution >= 4 is 29.4 Å². The molecule has 0 N–H and O–H groups in total. The molecule has 0 radical (unpaired) electrons. The summed E-state index contributed by atoms with van der Waals surface area (Å²) < 4.78 is 0. The van der Waals surface area contributed by atoms with E-state index in [2.05, 4.69) is 0 Å². The Bertz CT molecular complexity index is 1060. The minimum Gasteiger partial charge on any atom is -0.329 e. The SMILES string of the molecule is O=C(ON1C(=O)c2ccccc2C1=O)C(Cc1ccccc1)Cc1ccc(Cl)cc1. The van der Waals surface area contributed by atoms with Crippen molar-refractivity contribution < 1.29 is 19.2 Å². The maximum absolute atomic E-state index is 13.0. The predicted molar refractivity (Wildman–Crippen MR) is 112 cm³/mol. The van der Waals surface area contributed by atoms with E-state index in [9.17, 15) is 14.4 Å². The van der Waals surface area contributed by atoms with Crippen LogP contribution in [0.15, 0.2) is 78.9 Å². The molecule has 4 rings (SSSR count). The number of nitrogens with zero attached hydrogens (tertiary/aromatic N) is 1. The molecular weight excluding hydrogens is 402 g/mol. The van der Waals surface area contributed by atoms with E-state index < -0.39 is 23.7 Å². The van der Waals surface area contributed by atoms with Gasteiger partial charge < -0.3 is 4.84 Å². The van der Waals surface area contributed by atoms with Gasteiger partial charge in [0.15, 0.2) is 0 Å². The number of hydroxylamine groups is 2. The molecule has 1 aliphatic rings. The number of carbonyl (C=O) groups is 3. The van der Waals surface area contributed by atoms with E-state index in [1.165, 1.54) is 0 Å². The highest BCUT2D eigenvalue weighted by Crippen LogP contribution is 2.25. The number of carbonyl (C=O) groups excluding carboxylic acids is 3. The number of imide groups is 1. The fourth-order valence-electron chi connectivity index (χ4n) is 3.46. The Hall–Kier alpha value is -3.44. The van der Waals surface area contributed by atoms with Crippen molar-refractivity contribution in [1.29, 1.82) is 0 Å². The standard InChI is InChI=1S/C24H18ClNO4/c25-19-12-10-17(11-13-19)15-18(14-16-6-2-1-3-7-16)24(29)30-26-22(27)20-8-4-5-9-21(20)23(26)28/h1-13,18H,14-15H2. The van der Waals surface area contributed by atoms with Crippen molar-refractivity contribution in [2.24, 2.45) is 5.92 Å². The molecule has 0 saturated heterocycles. The first-order valence-electron chi connectivity index (χ1n) is 9.51. The fourth-order valence-corrected chi connectivity index (χ4v) is 3.58. The molecule has 0 spiro atoms. The summed E-state index contributed by atoms with van der Waals surface area (Å²) in [5.74, 6) is -2.48. The summed E-state index contributed by atoms with van der Waals surface area (Å²) >= 11 is 5.96. The summed E-state index contributed by atoms with van der Waals surface area (Å²) in [6, 6.07) is 23.1. The highest BCUT2D eigenvalue weighted by Gasteiger charge is 2.39. The van der Waals surface area contributed by atoms with Crippen LogP contribution in [0, 0.1) is 5.92 Å². The first-order valence-corrected chi connectivity index (χ1v) is 9.88. The molecule has 3 aromatic rings. The summed E-state index contributed by atoms with van der Waals surface area (Å²) in [5, 5.41) is 1.17. The second-order valence-electron chi connectivity index (χ2n) is 7.08. The lowest BCUT2D eigenvalue weighted by Gasteiger charge is -2.19. The van der Waals surface area contributed by atoms with Crippen LogP contribution in [0.2, 0.25) is 5.02 Å². The van der Waals surface area contributed by atoms with E-state index in [1.807, 2.05) is 42.5 Å². The van der Waals surface area contributed by atoms with E-state index in [4.69, 9.17) is 16.4 Å². The molecule has 0 aromatic heterocycles. The summed E-state index contributed by atoms with van der Waals surface area (Å²) in [6.45, 7) is 0. The average molecular weight is 420 g/mol. The summed E-state index contributed by atoms with van der Waals surface area (Å²) in [6.07, 6.45) is 0.791. The van der Waals surface area contributed by atoms with Crippen LogP contribution in [-0.4, -0.2) is 22.8 Å². The monoisotopic (exact) mass is 419 g/mol. The fraction of sp³-hybridized carbons (Fsp3) is 0.125. The summed E-state index contributed by atoms with van der Waals surface area (Å²) in [7, 11) is 0. The summed E-state index contributed by atoms with van der Waals surface area (Å²) in [5.41, 5.74) is 2.32. The van der Waals surface area contributed by atoms with Gasteiger partial charge in [0.05, 0.1) is 17.0 Å². The number of benzene rings is 3. The van der Waals surface area contributed by atoms with Gasteiger partial charge in [-0.1, -0.05) is 71.3 Å². The maximum atomic E-state index is 13.0. The smallest absolute Gasteiger partial charge is 0.329 e. The lowest BCUT2D eigenvalue weighted by Crippen LogP contribution is -2.36. The van der Waals surface area contributed by atoms with Gasteiger partial charge in [-0.2, -0.15) is 0 Å². The Kier molecular flexibility index (Phi) is 5.63. The molecule has 1 heterocycles. The van der Waals surface area contributed by atoms with Gasteiger partial charge in [0.2, 0.25) is 0 Å². The Morgan fingerprint density at radius 2 is 1.27 bits per heavy atom.